The fourth-order valence-electron chi connectivity index (χ4n) is 5.32. The van der Waals surface area contributed by atoms with Gasteiger partial charge in [0.25, 0.3) is 0 Å². The number of aliphatic hydroxyl groups excluding tert-OH is 1. The molecule has 12 nitrogen and oxygen atoms in total. The highest BCUT2D eigenvalue weighted by Crippen LogP contribution is 2.34. The zero-order valence-corrected chi connectivity index (χ0v) is 25.4. The number of carbonyl (C=O) groups is 3. The number of benzene rings is 2. The molecular formula is C32H40O12. The van der Waals surface area contributed by atoms with E-state index in [4.69, 9.17) is 37.9 Å². The molecule has 2 aromatic rings. The third-order valence-corrected chi connectivity index (χ3v) is 7.24. The van der Waals surface area contributed by atoms with Gasteiger partial charge in [0.1, 0.15) is 18.3 Å². The van der Waals surface area contributed by atoms with Crippen molar-refractivity contribution in [2.75, 3.05) is 0 Å². The third kappa shape index (κ3) is 8.84. The van der Waals surface area contributed by atoms with E-state index in [2.05, 4.69) is 0 Å². The van der Waals surface area contributed by atoms with Crippen LogP contribution in [0.3, 0.4) is 0 Å². The molecular weight excluding hydrogens is 576 g/mol. The van der Waals surface area contributed by atoms with Crippen molar-refractivity contribution in [3.63, 3.8) is 0 Å². The summed E-state index contributed by atoms with van der Waals surface area (Å²) in [5, 5.41) is 11.2. The van der Waals surface area contributed by atoms with Gasteiger partial charge in [-0.15, -0.1) is 0 Å². The summed E-state index contributed by atoms with van der Waals surface area (Å²) in [5.41, 5.74) is 1.80. The number of aliphatic hydroxyl groups is 1. The van der Waals surface area contributed by atoms with Crippen LogP contribution in [0.2, 0.25) is 0 Å². The molecule has 0 unspecified atom stereocenters. The van der Waals surface area contributed by atoms with E-state index in [1.165, 1.54) is 20.8 Å². The summed E-state index contributed by atoms with van der Waals surface area (Å²) in [5.74, 6) is -2.08. The predicted molar refractivity (Wildman–Crippen MR) is 152 cm³/mol. The maximum absolute atomic E-state index is 12.2. The van der Waals surface area contributed by atoms with Crippen LogP contribution in [0.25, 0.3) is 0 Å². The molecule has 44 heavy (non-hydrogen) atoms. The van der Waals surface area contributed by atoms with Gasteiger partial charge in [-0.1, -0.05) is 60.7 Å². The Balaban J connectivity index is 1.64. The van der Waals surface area contributed by atoms with E-state index in [-0.39, 0.29) is 13.2 Å². The Labute approximate surface area is 256 Å². The molecule has 2 fully saturated rings. The fourth-order valence-corrected chi connectivity index (χ4v) is 5.32. The molecule has 4 rings (SSSR count). The minimum absolute atomic E-state index is 0.163. The lowest BCUT2D eigenvalue weighted by Gasteiger charge is -2.48. The topological polar surface area (TPSA) is 145 Å². The Morgan fingerprint density at radius 2 is 1.07 bits per heavy atom. The highest BCUT2D eigenvalue weighted by atomic mass is 16.8. The van der Waals surface area contributed by atoms with Gasteiger partial charge in [0.15, 0.2) is 30.9 Å². The molecule has 0 aromatic heterocycles. The number of rotatable bonds is 11. The molecule has 2 aromatic carbocycles. The Hall–Kier alpha value is -3.39. The van der Waals surface area contributed by atoms with Gasteiger partial charge in [-0.25, -0.2) is 0 Å². The lowest BCUT2D eigenvalue weighted by atomic mass is 9.97. The monoisotopic (exact) mass is 616 g/mol. The zero-order chi connectivity index (χ0) is 31.8. The molecule has 0 bridgehead atoms. The molecule has 0 radical (unpaired) electrons. The van der Waals surface area contributed by atoms with Crippen LogP contribution < -0.4 is 0 Å². The van der Waals surface area contributed by atoms with Crippen LogP contribution >= 0.6 is 0 Å². The maximum atomic E-state index is 12.2. The number of esters is 3. The van der Waals surface area contributed by atoms with Crippen LogP contribution in [0.4, 0.5) is 0 Å². The van der Waals surface area contributed by atoms with E-state index >= 15 is 0 Å². The number of hydrogen-bond acceptors (Lipinski definition) is 12. The largest absolute Gasteiger partial charge is 0.456 e. The lowest BCUT2D eigenvalue weighted by Crippen LogP contribution is -2.65. The van der Waals surface area contributed by atoms with E-state index in [1.54, 1.807) is 13.8 Å². The Morgan fingerprint density at radius 3 is 1.59 bits per heavy atom. The van der Waals surface area contributed by atoms with Crippen molar-refractivity contribution in [2.45, 2.75) is 109 Å². The van der Waals surface area contributed by atoms with E-state index in [0.717, 1.165) is 11.1 Å². The van der Waals surface area contributed by atoms with E-state index in [9.17, 15) is 19.5 Å². The zero-order valence-electron chi connectivity index (χ0n) is 25.4. The molecule has 2 heterocycles. The maximum Gasteiger partial charge on any atom is 0.303 e. The molecule has 240 valence electrons. The highest BCUT2D eigenvalue weighted by Gasteiger charge is 2.54. The minimum atomic E-state index is -1.50. The molecule has 2 aliphatic rings. The van der Waals surface area contributed by atoms with Crippen molar-refractivity contribution in [2.24, 2.45) is 0 Å². The molecule has 12 heteroatoms. The third-order valence-electron chi connectivity index (χ3n) is 7.24. The average Bonchev–Trinajstić information content (AvgIpc) is 2.97. The van der Waals surface area contributed by atoms with Gasteiger partial charge >= 0.3 is 17.9 Å². The van der Waals surface area contributed by atoms with Gasteiger partial charge in [0, 0.05) is 20.8 Å². The average molecular weight is 617 g/mol. The van der Waals surface area contributed by atoms with Crippen molar-refractivity contribution >= 4 is 17.9 Å². The van der Waals surface area contributed by atoms with Crippen LogP contribution in [0, 0.1) is 0 Å². The van der Waals surface area contributed by atoms with Crippen LogP contribution in [0.5, 0.6) is 0 Å². The highest BCUT2D eigenvalue weighted by molar-refractivity contribution is 5.68. The first kappa shape index (κ1) is 33.5. The van der Waals surface area contributed by atoms with Gasteiger partial charge in [-0.3, -0.25) is 14.4 Å². The number of hydrogen-bond donors (Lipinski definition) is 1. The minimum Gasteiger partial charge on any atom is -0.456 e. The van der Waals surface area contributed by atoms with Gasteiger partial charge in [-0.05, 0) is 25.0 Å². The first-order chi connectivity index (χ1) is 21.0. The van der Waals surface area contributed by atoms with Gasteiger partial charge < -0.3 is 43.0 Å². The Morgan fingerprint density at radius 1 is 0.614 bits per heavy atom. The quantitative estimate of drug-likeness (QED) is 0.293. The summed E-state index contributed by atoms with van der Waals surface area (Å²) in [7, 11) is 0. The number of ether oxygens (including phenoxy) is 8. The summed E-state index contributed by atoms with van der Waals surface area (Å²) < 4.78 is 47.3. The smallest absolute Gasteiger partial charge is 0.303 e. The van der Waals surface area contributed by atoms with Gasteiger partial charge in [0.05, 0.1) is 25.4 Å². The second kappa shape index (κ2) is 15.6. The van der Waals surface area contributed by atoms with Crippen molar-refractivity contribution in [3.05, 3.63) is 71.8 Å². The first-order valence-corrected chi connectivity index (χ1v) is 14.5. The molecule has 0 spiro atoms. The second-order valence-corrected chi connectivity index (χ2v) is 10.8. The molecule has 2 aliphatic heterocycles. The molecule has 0 aliphatic carbocycles. The van der Waals surface area contributed by atoms with E-state index < -0.39 is 79.3 Å². The van der Waals surface area contributed by atoms with Crippen molar-refractivity contribution in [1.29, 1.82) is 0 Å². The summed E-state index contributed by atoms with van der Waals surface area (Å²) in [6.45, 7) is 7.29. The molecule has 1 N–H and O–H groups in total. The second-order valence-electron chi connectivity index (χ2n) is 10.8. The van der Waals surface area contributed by atoms with Gasteiger partial charge in [0.2, 0.25) is 0 Å². The summed E-state index contributed by atoms with van der Waals surface area (Å²) >= 11 is 0. The van der Waals surface area contributed by atoms with Crippen LogP contribution in [0.15, 0.2) is 60.7 Å². The summed E-state index contributed by atoms with van der Waals surface area (Å²) in [6.07, 6.45) is -10.9. The Bertz CT molecular complexity index is 1220. The van der Waals surface area contributed by atoms with Crippen molar-refractivity contribution in [1.82, 2.24) is 0 Å². The SMILES string of the molecule is CC(=O)O[C@H]1[C@H](OC(C)=O)[C@@H](O[C@H]2[C@@H](OCc3ccccc3)[C@H](OCc3ccccc3)[C@@H](C)O[C@@H]2O)O[C@@H](C)[C@H]1OC(C)=O. The summed E-state index contributed by atoms with van der Waals surface area (Å²) in [4.78, 5) is 36.2. The Kier molecular flexibility index (Phi) is 11.8. The molecule has 2 saturated heterocycles. The van der Waals surface area contributed by atoms with Crippen molar-refractivity contribution < 1.29 is 57.4 Å². The van der Waals surface area contributed by atoms with Crippen LogP contribution in [0.1, 0.15) is 45.7 Å². The number of carbonyl (C=O) groups excluding carboxylic acids is 3. The molecule has 0 saturated carbocycles. The van der Waals surface area contributed by atoms with Crippen LogP contribution in [-0.2, 0) is 65.5 Å². The van der Waals surface area contributed by atoms with E-state index in [0.29, 0.717) is 0 Å². The lowest BCUT2D eigenvalue weighted by molar-refractivity contribution is -0.364. The normalized spacial score (nSPS) is 32.0. The fraction of sp³-hybridized carbons (Fsp3) is 0.531. The molecule has 10 atom stereocenters. The predicted octanol–water partition coefficient (Wildman–Crippen LogP) is 2.82. The van der Waals surface area contributed by atoms with Gasteiger partial charge in [-0.2, -0.15) is 0 Å². The summed E-state index contributed by atoms with van der Waals surface area (Å²) in [6, 6.07) is 19.0. The molecule has 0 amide bonds. The van der Waals surface area contributed by atoms with Crippen LogP contribution in [-0.4, -0.2) is 84.4 Å². The first-order valence-electron chi connectivity index (χ1n) is 14.5. The van der Waals surface area contributed by atoms with E-state index in [1.807, 2.05) is 60.7 Å². The standard InChI is InChI=1S/C32H40O12/c1-18-25(37-16-23-12-8-6-9-13-23)27(38-17-24-14-10-7-11-15-24)29(31(36)39-18)44-32-30(43-22(5)35)28(42-21(4)34)26(19(2)40-32)41-20(3)33/h6-15,18-19,25-32,36H,16-17H2,1-5H3/t18-,19+,25-,26-,27+,28-,29+,30+,31+,32-/m1/s1. The van der Waals surface area contributed by atoms with Crippen molar-refractivity contribution in [3.8, 4) is 0 Å².